The van der Waals surface area contributed by atoms with Crippen LogP contribution in [0.3, 0.4) is 0 Å². The summed E-state index contributed by atoms with van der Waals surface area (Å²) in [7, 11) is 1.51. The average molecular weight is 397 g/mol. The van der Waals surface area contributed by atoms with E-state index in [0.717, 1.165) is 38.4 Å². The Hall–Kier alpha value is -1.06. The summed E-state index contributed by atoms with van der Waals surface area (Å²) in [6, 6.07) is 5.14. The molecule has 0 saturated carbocycles. The van der Waals surface area contributed by atoms with E-state index in [9.17, 15) is 13.2 Å². The Labute approximate surface area is 156 Å². The molecule has 0 bridgehead atoms. The number of hydrogen-bond donors (Lipinski definition) is 1. The highest BCUT2D eigenvalue weighted by atomic mass is 35.5. The van der Waals surface area contributed by atoms with Gasteiger partial charge in [-0.1, -0.05) is 17.7 Å². The lowest BCUT2D eigenvalue weighted by molar-refractivity contribution is -0.207. The Bertz CT molecular complexity index is 569. The summed E-state index contributed by atoms with van der Waals surface area (Å²) in [5, 5.41) is 9.52. The molecule has 0 amide bonds. The summed E-state index contributed by atoms with van der Waals surface area (Å²) in [6.45, 7) is 4.23. The average Bonchev–Trinajstić information content (AvgIpc) is 2.57. The van der Waals surface area contributed by atoms with E-state index in [2.05, 4.69) is 4.90 Å². The zero-order chi connectivity index (χ0) is 19.2. The molecule has 0 aromatic heterocycles. The second-order valence-electron chi connectivity index (χ2n) is 6.32. The Morgan fingerprint density at radius 1 is 1.35 bits per heavy atom. The predicted octanol–water partition coefficient (Wildman–Crippen LogP) is 2.41. The SMILES string of the molecule is CN(Cc1ccc(OCCN2CCOCC2)c(Cl)c1)CC(O)C(F)(F)F. The molecule has 148 valence electrons. The molecule has 1 heterocycles. The van der Waals surface area contributed by atoms with Gasteiger partial charge in [-0.05, 0) is 24.7 Å². The van der Waals surface area contributed by atoms with Gasteiger partial charge < -0.3 is 14.6 Å². The molecule has 1 fully saturated rings. The quantitative estimate of drug-likeness (QED) is 0.731. The number of nitrogens with zero attached hydrogens (tertiary/aromatic N) is 2. The maximum absolute atomic E-state index is 12.4. The van der Waals surface area contributed by atoms with E-state index in [1.54, 1.807) is 18.2 Å². The zero-order valence-electron chi connectivity index (χ0n) is 14.6. The van der Waals surface area contributed by atoms with Crippen LogP contribution in [0.2, 0.25) is 5.02 Å². The number of likely N-dealkylation sites (N-methyl/N-ethyl adjacent to an activating group) is 1. The number of rotatable bonds is 8. The van der Waals surface area contributed by atoms with Crippen LogP contribution in [0.1, 0.15) is 5.56 Å². The van der Waals surface area contributed by atoms with Crippen molar-refractivity contribution in [2.75, 3.05) is 53.0 Å². The zero-order valence-corrected chi connectivity index (χ0v) is 15.4. The molecular formula is C17H24ClF3N2O3. The smallest absolute Gasteiger partial charge is 0.415 e. The van der Waals surface area contributed by atoms with Crippen molar-refractivity contribution < 1.29 is 27.8 Å². The van der Waals surface area contributed by atoms with Crippen LogP contribution in [0.15, 0.2) is 18.2 Å². The largest absolute Gasteiger partial charge is 0.491 e. The molecule has 26 heavy (non-hydrogen) atoms. The highest BCUT2D eigenvalue weighted by Gasteiger charge is 2.38. The van der Waals surface area contributed by atoms with Crippen LogP contribution in [0.25, 0.3) is 0 Å². The van der Waals surface area contributed by atoms with Gasteiger partial charge in [-0.2, -0.15) is 13.2 Å². The highest BCUT2D eigenvalue weighted by Crippen LogP contribution is 2.26. The van der Waals surface area contributed by atoms with E-state index in [4.69, 9.17) is 26.2 Å². The van der Waals surface area contributed by atoms with Crippen LogP contribution in [0.4, 0.5) is 13.2 Å². The lowest BCUT2D eigenvalue weighted by atomic mass is 10.2. The van der Waals surface area contributed by atoms with Crippen LogP contribution in [0, 0.1) is 0 Å². The molecule has 1 aliphatic rings. The predicted molar refractivity (Wildman–Crippen MR) is 92.6 cm³/mol. The third-order valence-corrected chi connectivity index (χ3v) is 4.38. The minimum absolute atomic E-state index is 0.237. The molecule has 2 rings (SSSR count). The van der Waals surface area contributed by atoms with Crippen LogP contribution >= 0.6 is 11.6 Å². The number of ether oxygens (including phenoxy) is 2. The van der Waals surface area contributed by atoms with Crippen molar-refractivity contribution in [1.29, 1.82) is 0 Å². The van der Waals surface area contributed by atoms with Gasteiger partial charge in [0.1, 0.15) is 12.4 Å². The topological polar surface area (TPSA) is 45.2 Å². The molecule has 5 nitrogen and oxygen atoms in total. The van der Waals surface area contributed by atoms with E-state index in [1.165, 1.54) is 11.9 Å². The molecule has 1 atom stereocenters. The van der Waals surface area contributed by atoms with Gasteiger partial charge in [0.25, 0.3) is 0 Å². The van der Waals surface area contributed by atoms with Crippen LogP contribution < -0.4 is 4.74 Å². The van der Waals surface area contributed by atoms with Crippen molar-refractivity contribution in [2.24, 2.45) is 0 Å². The third-order valence-electron chi connectivity index (χ3n) is 4.08. The molecule has 0 radical (unpaired) electrons. The van der Waals surface area contributed by atoms with Gasteiger partial charge >= 0.3 is 6.18 Å². The normalized spacial score (nSPS) is 17.5. The third kappa shape index (κ3) is 6.92. The molecule has 1 aromatic rings. The molecule has 1 saturated heterocycles. The van der Waals surface area contributed by atoms with Gasteiger partial charge in [-0.15, -0.1) is 0 Å². The van der Waals surface area contributed by atoms with Gasteiger partial charge in [0.2, 0.25) is 0 Å². The summed E-state index contributed by atoms with van der Waals surface area (Å²) in [4.78, 5) is 3.63. The summed E-state index contributed by atoms with van der Waals surface area (Å²) in [6.07, 6.45) is -6.99. The van der Waals surface area contributed by atoms with Gasteiger partial charge in [0, 0.05) is 32.7 Å². The van der Waals surface area contributed by atoms with Crippen molar-refractivity contribution >= 4 is 11.6 Å². The minimum Gasteiger partial charge on any atom is -0.491 e. The number of hydrogen-bond acceptors (Lipinski definition) is 5. The Balaban J connectivity index is 1.80. The molecule has 9 heteroatoms. The lowest BCUT2D eigenvalue weighted by Gasteiger charge is -2.26. The van der Waals surface area contributed by atoms with E-state index in [1.807, 2.05) is 0 Å². The number of halogens is 4. The van der Waals surface area contributed by atoms with Gasteiger partial charge in [-0.25, -0.2) is 0 Å². The van der Waals surface area contributed by atoms with Crippen molar-refractivity contribution in [3.8, 4) is 5.75 Å². The van der Waals surface area contributed by atoms with Crippen molar-refractivity contribution in [3.05, 3.63) is 28.8 Å². The van der Waals surface area contributed by atoms with Crippen LogP contribution in [-0.2, 0) is 11.3 Å². The van der Waals surface area contributed by atoms with E-state index < -0.39 is 18.8 Å². The second-order valence-corrected chi connectivity index (χ2v) is 6.73. The van der Waals surface area contributed by atoms with E-state index >= 15 is 0 Å². The summed E-state index contributed by atoms with van der Waals surface area (Å²) in [5.41, 5.74) is 0.743. The fraction of sp³-hybridized carbons (Fsp3) is 0.647. The monoisotopic (exact) mass is 396 g/mol. The number of aliphatic hydroxyl groups excluding tert-OH is 1. The summed E-state index contributed by atoms with van der Waals surface area (Å²) in [5.74, 6) is 0.543. The molecule has 1 aliphatic heterocycles. The van der Waals surface area contributed by atoms with Crippen molar-refractivity contribution in [3.63, 3.8) is 0 Å². The van der Waals surface area contributed by atoms with Crippen LogP contribution in [0.5, 0.6) is 5.75 Å². The molecule has 0 spiro atoms. The fourth-order valence-electron chi connectivity index (χ4n) is 2.64. The molecule has 1 unspecified atom stereocenters. The van der Waals surface area contributed by atoms with E-state index in [-0.39, 0.29) is 6.54 Å². The molecule has 1 N–H and O–H groups in total. The maximum Gasteiger partial charge on any atom is 0.415 e. The number of benzene rings is 1. The Kier molecular flexibility index (Phi) is 7.97. The standard InChI is InChI=1S/C17H24ClF3N2O3/c1-22(12-16(24)17(19,20)21)11-13-2-3-15(14(18)10-13)26-9-6-23-4-7-25-8-5-23/h2-3,10,16,24H,4-9,11-12H2,1H3. The van der Waals surface area contributed by atoms with Crippen molar-refractivity contribution in [2.45, 2.75) is 18.8 Å². The summed E-state index contributed by atoms with van der Waals surface area (Å²) < 4.78 is 48.2. The molecular weight excluding hydrogens is 373 g/mol. The first-order valence-corrected chi connectivity index (χ1v) is 8.78. The first-order chi connectivity index (χ1) is 12.3. The lowest BCUT2D eigenvalue weighted by Crippen LogP contribution is -2.39. The first-order valence-electron chi connectivity index (χ1n) is 8.40. The van der Waals surface area contributed by atoms with Gasteiger partial charge in [0.15, 0.2) is 6.10 Å². The Morgan fingerprint density at radius 3 is 2.65 bits per heavy atom. The van der Waals surface area contributed by atoms with Crippen LogP contribution in [-0.4, -0.2) is 80.2 Å². The number of morpholine rings is 1. The number of aliphatic hydroxyl groups is 1. The van der Waals surface area contributed by atoms with Gasteiger partial charge in [0.05, 0.1) is 18.2 Å². The number of alkyl halides is 3. The fourth-order valence-corrected chi connectivity index (χ4v) is 2.90. The highest BCUT2D eigenvalue weighted by molar-refractivity contribution is 6.32. The first kappa shape index (κ1) is 21.2. The minimum atomic E-state index is -4.62. The maximum atomic E-state index is 12.4. The Morgan fingerprint density at radius 2 is 2.04 bits per heavy atom. The molecule has 1 aromatic carbocycles. The molecule has 0 aliphatic carbocycles. The summed E-state index contributed by atoms with van der Waals surface area (Å²) >= 11 is 6.21. The van der Waals surface area contributed by atoms with Crippen molar-refractivity contribution in [1.82, 2.24) is 9.80 Å². The van der Waals surface area contributed by atoms with E-state index in [0.29, 0.717) is 17.4 Å². The van der Waals surface area contributed by atoms with Gasteiger partial charge in [-0.3, -0.25) is 9.80 Å². The second kappa shape index (κ2) is 9.75.